The summed E-state index contributed by atoms with van der Waals surface area (Å²) in [7, 11) is 0. The van der Waals surface area contributed by atoms with Crippen LogP contribution < -0.4 is 5.73 Å². The average Bonchev–Trinajstić information content (AvgIpc) is 2.99. The topological polar surface area (TPSA) is 54.7 Å². The van der Waals surface area contributed by atoms with Crippen molar-refractivity contribution in [3.05, 3.63) is 53.6 Å². The fourth-order valence-electron chi connectivity index (χ4n) is 3.13. The lowest BCUT2D eigenvalue weighted by Gasteiger charge is -2.20. The molecule has 3 heteroatoms. The second-order valence-electron chi connectivity index (χ2n) is 5.85. The first-order valence-corrected chi connectivity index (χ1v) is 7.67. The van der Waals surface area contributed by atoms with Crippen molar-refractivity contribution >= 4 is 0 Å². The van der Waals surface area contributed by atoms with Gasteiger partial charge in [0.2, 0.25) is 0 Å². The Labute approximate surface area is 120 Å². The second kappa shape index (κ2) is 6.23. The van der Waals surface area contributed by atoms with Crippen LogP contribution in [0.3, 0.4) is 0 Å². The zero-order valence-electron chi connectivity index (χ0n) is 11.9. The fraction of sp³-hybridized carbons (Fsp3) is 0.471. The maximum atomic E-state index is 6.28. The van der Waals surface area contributed by atoms with E-state index >= 15 is 0 Å². The highest BCUT2D eigenvalue weighted by Crippen LogP contribution is 2.31. The van der Waals surface area contributed by atoms with E-state index in [0.29, 0.717) is 5.92 Å². The molecule has 1 aromatic carbocycles. The van der Waals surface area contributed by atoms with E-state index < -0.39 is 0 Å². The zero-order valence-corrected chi connectivity index (χ0v) is 11.9. The number of aromatic nitrogens is 2. The van der Waals surface area contributed by atoms with E-state index in [2.05, 4.69) is 34.2 Å². The molecule has 1 aromatic heterocycles. The van der Waals surface area contributed by atoms with Crippen LogP contribution in [0.15, 0.2) is 36.5 Å². The fourth-order valence-corrected chi connectivity index (χ4v) is 3.13. The molecule has 3 rings (SSSR count). The van der Waals surface area contributed by atoms with Crippen molar-refractivity contribution in [3.8, 4) is 0 Å². The van der Waals surface area contributed by atoms with Crippen LogP contribution in [0, 0.1) is 0 Å². The minimum absolute atomic E-state index is 0.0465. The molecule has 106 valence electrons. The van der Waals surface area contributed by atoms with E-state index in [1.807, 2.05) is 12.3 Å². The van der Waals surface area contributed by atoms with Crippen molar-refractivity contribution in [2.45, 2.75) is 50.5 Å². The van der Waals surface area contributed by atoms with E-state index in [4.69, 9.17) is 5.73 Å². The average molecular weight is 269 g/mol. The molecule has 0 saturated heterocycles. The highest BCUT2D eigenvalue weighted by atomic mass is 15.0. The molecule has 0 amide bonds. The summed E-state index contributed by atoms with van der Waals surface area (Å²) >= 11 is 0. The minimum Gasteiger partial charge on any atom is -0.344 e. The zero-order chi connectivity index (χ0) is 13.8. The Morgan fingerprint density at radius 1 is 1.15 bits per heavy atom. The molecule has 0 spiro atoms. The summed E-state index contributed by atoms with van der Waals surface area (Å²) in [5.74, 6) is 1.59. The smallest absolute Gasteiger partial charge is 0.123 e. The molecule has 20 heavy (non-hydrogen) atoms. The predicted octanol–water partition coefficient (Wildman–Crippen LogP) is 3.70. The number of imidazole rings is 1. The van der Waals surface area contributed by atoms with Gasteiger partial charge in [0.05, 0.1) is 6.04 Å². The van der Waals surface area contributed by atoms with Crippen LogP contribution in [0.2, 0.25) is 0 Å². The normalized spacial score (nSPS) is 18.1. The third kappa shape index (κ3) is 3.10. The van der Waals surface area contributed by atoms with Crippen molar-refractivity contribution < 1.29 is 0 Å². The van der Waals surface area contributed by atoms with Crippen molar-refractivity contribution in [2.24, 2.45) is 5.73 Å². The Balaban J connectivity index is 1.66. The van der Waals surface area contributed by atoms with Crippen LogP contribution in [0.4, 0.5) is 0 Å². The van der Waals surface area contributed by atoms with E-state index in [1.165, 1.54) is 43.4 Å². The summed E-state index contributed by atoms with van der Waals surface area (Å²) < 4.78 is 0. The van der Waals surface area contributed by atoms with E-state index in [0.717, 1.165) is 12.2 Å². The summed E-state index contributed by atoms with van der Waals surface area (Å²) in [4.78, 5) is 7.97. The van der Waals surface area contributed by atoms with Gasteiger partial charge in [-0.3, -0.25) is 0 Å². The summed E-state index contributed by atoms with van der Waals surface area (Å²) in [6.45, 7) is 0. The summed E-state index contributed by atoms with van der Waals surface area (Å²) in [5, 5.41) is 0. The minimum atomic E-state index is -0.0465. The summed E-state index contributed by atoms with van der Waals surface area (Å²) in [6.07, 6.45) is 9.47. The lowest BCUT2D eigenvalue weighted by atomic mass is 9.87. The first kappa shape index (κ1) is 13.4. The van der Waals surface area contributed by atoms with Crippen molar-refractivity contribution in [1.29, 1.82) is 0 Å². The molecule has 3 N–H and O–H groups in total. The molecule has 0 aliphatic heterocycles. The third-order valence-electron chi connectivity index (χ3n) is 4.31. The molecule has 1 saturated carbocycles. The van der Waals surface area contributed by atoms with Gasteiger partial charge in [0.15, 0.2) is 0 Å². The number of hydrogen-bond donors (Lipinski definition) is 2. The maximum absolute atomic E-state index is 6.28. The highest BCUT2D eigenvalue weighted by Gasteiger charge is 2.19. The first-order valence-electron chi connectivity index (χ1n) is 7.67. The molecule has 2 aromatic rings. The van der Waals surface area contributed by atoms with Gasteiger partial charge in [0.25, 0.3) is 0 Å². The quantitative estimate of drug-likeness (QED) is 0.889. The van der Waals surface area contributed by atoms with Gasteiger partial charge in [-0.15, -0.1) is 0 Å². The standard InChI is InChI=1S/C17H23N3/c18-15(11-13-7-3-1-4-8-13)17-19-12-16(20-17)14-9-5-2-6-10-14/h1,3-4,7-8,12,14-15H,2,5-6,9-11,18H2,(H,19,20). The van der Waals surface area contributed by atoms with Crippen LogP contribution in [0.25, 0.3) is 0 Å². The SMILES string of the molecule is NC(Cc1ccccc1)c1ncc(C2CCCCC2)[nH]1. The maximum Gasteiger partial charge on any atom is 0.123 e. The van der Waals surface area contributed by atoms with Gasteiger partial charge in [0.1, 0.15) is 5.82 Å². The van der Waals surface area contributed by atoms with Gasteiger partial charge in [-0.1, -0.05) is 49.6 Å². The molecular formula is C17H23N3. The molecule has 1 fully saturated rings. The lowest BCUT2D eigenvalue weighted by molar-refractivity contribution is 0.437. The van der Waals surface area contributed by atoms with Crippen LogP contribution >= 0.6 is 0 Å². The molecule has 1 unspecified atom stereocenters. The number of nitrogens with zero attached hydrogens (tertiary/aromatic N) is 1. The molecular weight excluding hydrogens is 246 g/mol. The molecule has 3 nitrogen and oxygen atoms in total. The summed E-state index contributed by atoms with van der Waals surface area (Å²) in [5.41, 5.74) is 8.82. The number of benzene rings is 1. The Morgan fingerprint density at radius 2 is 1.90 bits per heavy atom. The van der Waals surface area contributed by atoms with Gasteiger partial charge < -0.3 is 10.7 Å². The Hall–Kier alpha value is -1.61. The molecule has 0 radical (unpaired) electrons. The monoisotopic (exact) mass is 269 g/mol. The number of rotatable bonds is 4. The Kier molecular flexibility index (Phi) is 4.16. The molecule has 1 aliphatic carbocycles. The Morgan fingerprint density at radius 3 is 2.65 bits per heavy atom. The second-order valence-corrected chi connectivity index (χ2v) is 5.85. The molecule has 1 heterocycles. The number of hydrogen-bond acceptors (Lipinski definition) is 2. The Bertz CT molecular complexity index is 526. The van der Waals surface area contributed by atoms with Gasteiger partial charge in [-0.2, -0.15) is 0 Å². The predicted molar refractivity (Wildman–Crippen MR) is 81.5 cm³/mol. The van der Waals surface area contributed by atoms with Crippen LogP contribution in [0.1, 0.15) is 61.1 Å². The molecule has 1 atom stereocenters. The molecule has 0 bridgehead atoms. The van der Waals surface area contributed by atoms with Crippen LogP contribution in [-0.4, -0.2) is 9.97 Å². The van der Waals surface area contributed by atoms with E-state index in [-0.39, 0.29) is 6.04 Å². The van der Waals surface area contributed by atoms with Gasteiger partial charge in [-0.05, 0) is 24.8 Å². The van der Waals surface area contributed by atoms with Crippen molar-refractivity contribution in [2.75, 3.05) is 0 Å². The highest BCUT2D eigenvalue weighted by molar-refractivity contribution is 5.18. The van der Waals surface area contributed by atoms with Gasteiger partial charge >= 0.3 is 0 Å². The van der Waals surface area contributed by atoms with Crippen LogP contribution in [-0.2, 0) is 6.42 Å². The van der Waals surface area contributed by atoms with E-state index in [9.17, 15) is 0 Å². The number of aromatic amines is 1. The number of H-pyrrole nitrogens is 1. The largest absolute Gasteiger partial charge is 0.344 e. The van der Waals surface area contributed by atoms with Gasteiger partial charge in [-0.25, -0.2) is 4.98 Å². The first-order chi connectivity index (χ1) is 9.83. The lowest BCUT2D eigenvalue weighted by Crippen LogP contribution is -2.15. The van der Waals surface area contributed by atoms with Crippen LogP contribution in [0.5, 0.6) is 0 Å². The third-order valence-corrected chi connectivity index (χ3v) is 4.31. The number of nitrogens with two attached hydrogens (primary N) is 1. The van der Waals surface area contributed by atoms with Crippen molar-refractivity contribution in [1.82, 2.24) is 9.97 Å². The molecule has 1 aliphatic rings. The van der Waals surface area contributed by atoms with Crippen molar-refractivity contribution in [3.63, 3.8) is 0 Å². The van der Waals surface area contributed by atoms with Gasteiger partial charge in [0, 0.05) is 17.8 Å². The summed E-state index contributed by atoms with van der Waals surface area (Å²) in [6, 6.07) is 10.3. The van der Waals surface area contributed by atoms with E-state index in [1.54, 1.807) is 0 Å². The number of nitrogens with one attached hydrogen (secondary N) is 1.